The Morgan fingerprint density at radius 1 is 1.04 bits per heavy atom. The first-order chi connectivity index (χ1) is 11.8. The van der Waals surface area contributed by atoms with Crippen LogP contribution in [0.3, 0.4) is 0 Å². The average molecular weight is 350 g/mol. The van der Waals surface area contributed by atoms with Gasteiger partial charge in [-0.2, -0.15) is 5.26 Å². The molecule has 3 aromatic rings. The molecule has 0 aliphatic rings. The molecule has 5 heteroatoms. The minimum atomic E-state index is -0.110. The molecule has 1 N–H and O–H groups in total. The summed E-state index contributed by atoms with van der Waals surface area (Å²) in [5.74, 6) is -0.110. The monoisotopic (exact) mass is 350 g/mol. The molecule has 2 aromatic carbocycles. The summed E-state index contributed by atoms with van der Waals surface area (Å²) in [7, 11) is 0. The zero-order valence-corrected chi connectivity index (χ0v) is 14.4. The molecule has 0 saturated heterocycles. The predicted molar refractivity (Wildman–Crippen MR) is 97.2 cm³/mol. The Bertz CT molecular complexity index is 882. The molecule has 3 rings (SSSR count). The van der Waals surface area contributed by atoms with E-state index in [0.29, 0.717) is 17.7 Å². The topological polar surface area (TPSA) is 52.9 Å². The Morgan fingerprint density at radius 3 is 2.54 bits per heavy atom. The minimum absolute atomic E-state index is 0.110. The van der Waals surface area contributed by atoms with E-state index in [1.54, 1.807) is 23.5 Å². The smallest absolute Gasteiger partial charge is 0.252 e. The average Bonchev–Trinajstić information content (AvgIpc) is 3.14. The lowest BCUT2D eigenvalue weighted by atomic mass is 10.2. The maximum Gasteiger partial charge on any atom is 0.252 e. The summed E-state index contributed by atoms with van der Waals surface area (Å²) in [4.78, 5) is 15.3. The second-order valence-corrected chi connectivity index (χ2v) is 7.08. The van der Waals surface area contributed by atoms with Gasteiger partial charge >= 0.3 is 0 Å². The van der Waals surface area contributed by atoms with Crippen LogP contribution in [0.2, 0.25) is 0 Å². The third-order valence-corrected chi connectivity index (χ3v) is 5.39. The summed E-state index contributed by atoms with van der Waals surface area (Å²) in [6, 6.07) is 21.0. The fourth-order valence-corrected chi connectivity index (χ4v) is 3.85. The number of nitrogens with one attached hydrogen (secondary N) is 1. The Balaban J connectivity index is 1.80. The van der Waals surface area contributed by atoms with Gasteiger partial charge in [0.25, 0.3) is 5.91 Å². The largest absolute Gasteiger partial charge is 0.347 e. The van der Waals surface area contributed by atoms with Crippen molar-refractivity contribution in [2.75, 3.05) is 0 Å². The van der Waals surface area contributed by atoms with E-state index < -0.39 is 0 Å². The molecule has 1 aromatic heterocycles. The van der Waals surface area contributed by atoms with Crippen molar-refractivity contribution in [3.05, 3.63) is 82.0 Å². The van der Waals surface area contributed by atoms with Crippen LogP contribution in [0.1, 0.15) is 20.8 Å². The van der Waals surface area contributed by atoms with Gasteiger partial charge in [0.15, 0.2) is 0 Å². The molecule has 0 aliphatic heterocycles. The van der Waals surface area contributed by atoms with Gasteiger partial charge in [0.2, 0.25) is 0 Å². The first-order valence-corrected chi connectivity index (χ1v) is 9.04. The molecule has 0 fully saturated rings. The molecular formula is C19H14N2OS2. The molecule has 0 unspecified atom stereocenters. The number of nitriles is 1. The van der Waals surface area contributed by atoms with Crippen molar-refractivity contribution >= 4 is 29.0 Å². The van der Waals surface area contributed by atoms with Crippen molar-refractivity contribution in [2.24, 2.45) is 0 Å². The highest BCUT2D eigenvalue weighted by Crippen LogP contribution is 2.32. The number of hydrogen-bond acceptors (Lipinski definition) is 4. The molecule has 1 heterocycles. The highest BCUT2D eigenvalue weighted by Gasteiger charge is 2.13. The standard InChI is InChI=1S/C19H14N2OS2/c20-12-14-6-1-3-9-17(14)24-18-10-4-2-8-16(18)19(22)21-13-15-7-5-11-23-15/h1-11H,13H2,(H,21,22). The molecule has 0 saturated carbocycles. The fourth-order valence-electron chi connectivity index (χ4n) is 2.19. The summed E-state index contributed by atoms with van der Waals surface area (Å²) in [5, 5.41) is 14.2. The second-order valence-electron chi connectivity index (χ2n) is 4.97. The quantitative estimate of drug-likeness (QED) is 0.725. The molecule has 0 radical (unpaired) electrons. The van der Waals surface area contributed by atoms with E-state index in [1.165, 1.54) is 11.8 Å². The zero-order chi connectivity index (χ0) is 16.8. The highest BCUT2D eigenvalue weighted by atomic mass is 32.2. The van der Waals surface area contributed by atoms with E-state index >= 15 is 0 Å². The van der Waals surface area contributed by atoms with E-state index in [0.717, 1.165) is 14.7 Å². The van der Waals surface area contributed by atoms with Crippen LogP contribution in [-0.2, 0) is 6.54 Å². The van der Waals surface area contributed by atoms with Crippen LogP contribution in [-0.4, -0.2) is 5.91 Å². The minimum Gasteiger partial charge on any atom is -0.347 e. The Morgan fingerprint density at radius 2 is 1.79 bits per heavy atom. The molecule has 24 heavy (non-hydrogen) atoms. The van der Waals surface area contributed by atoms with Gasteiger partial charge in [-0.05, 0) is 35.7 Å². The SMILES string of the molecule is N#Cc1ccccc1Sc1ccccc1C(=O)NCc1cccs1. The van der Waals surface area contributed by atoms with Crippen molar-refractivity contribution in [3.63, 3.8) is 0 Å². The predicted octanol–water partition coefficient (Wildman–Crippen LogP) is 4.70. The van der Waals surface area contributed by atoms with Crippen molar-refractivity contribution < 1.29 is 4.79 Å². The number of thiophene rings is 1. The van der Waals surface area contributed by atoms with Gasteiger partial charge < -0.3 is 5.32 Å². The molecular weight excluding hydrogens is 336 g/mol. The van der Waals surface area contributed by atoms with Gasteiger partial charge in [0.1, 0.15) is 6.07 Å². The Labute approximate surface area is 149 Å². The van der Waals surface area contributed by atoms with Gasteiger partial charge in [-0.15, -0.1) is 11.3 Å². The first kappa shape index (κ1) is 16.3. The number of nitrogens with zero attached hydrogens (tertiary/aromatic N) is 1. The molecule has 0 spiro atoms. The Kier molecular flexibility index (Phi) is 5.32. The van der Waals surface area contributed by atoms with E-state index in [1.807, 2.05) is 53.9 Å². The van der Waals surface area contributed by atoms with Crippen LogP contribution in [0.15, 0.2) is 75.8 Å². The van der Waals surface area contributed by atoms with Crippen LogP contribution in [0, 0.1) is 11.3 Å². The third kappa shape index (κ3) is 3.85. The van der Waals surface area contributed by atoms with Crippen molar-refractivity contribution in [3.8, 4) is 6.07 Å². The zero-order valence-electron chi connectivity index (χ0n) is 12.7. The lowest BCUT2D eigenvalue weighted by molar-refractivity contribution is 0.0948. The Hall–Kier alpha value is -2.55. The van der Waals surface area contributed by atoms with Crippen LogP contribution < -0.4 is 5.32 Å². The summed E-state index contributed by atoms with van der Waals surface area (Å²) < 4.78 is 0. The van der Waals surface area contributed by atoms with Crippen molar-refractivity contribution in [2.45, 2.75) is 16.3 Å². The second kappa shape index (κ2) is 7.82. The van der Waals surface area contributed by atoms with Gasteiger partial charge in [-0.25, -0.2) is 0 Å². The molecule has 3 nitrogen and oxygen atoms in total. The normalized spacial score (nSPS) is 10.1. The summed E-state index contributed by atoms with van der Waals surface area (Å²) in [5.41, 5.74) is 1.23. The number of rotatable bonds is 5. The number of carbonyl (C=O) groups excluding carboxylic acids is 1. The van der Waals surface area contributed by atoms with E-state index in [2.05, 4.69) is 11.4 Å². The summed E-state index contributed by atoms with van der Waals surface area (Å²) in [6.07, 6.45) is 0. The summed E-state index contributed by atoms with van der Waals surface area (Å²) in [6.45, 7) is 0.518. The van der Waals surface area contributed by atoms with Gasteiger partial charge in [0, 0.05) is 14.7 Å². The van der Waals surface area contributed by atoms with Crippen molar-refractivity contribution in [1.29, 1.82) is 5.26 Å². The van der Waals surface area contributed by atoms with E-state index in [4.69, 9.17) is 0 Å². The van der Waals surface area contributed by atoms with E-state index in [-0.39, 0.29) is 5.91 Å². The summed E-state index contributed by atoms with van der Waals surface area (Å²) >= 11 is 3.05. The third-order valence-electron chi connectivity index (χ3n) is 3.36. The molecule has 118 valence electrons. The van der Waals surface area contributed by atoms with Crippen LogP contribution in [0.4, 0.5) is 0 Å². The number of hydrogen-bond donors (Lipinski definition) is 1. The van der Waals surface area contributed by atoms with E-state index in [9.17, 15) is 10.1 Å². The molecule has 0 atom stereocenters. The maximum atomic E-state index is 12.5. The lowest BCUT2D eigenvalue weighted by Crippen LogP contribution is -2.22. The molecule has 0 aliphatic carbocycles. The van der Waals surface area contributed by atoms with Gasteiger partial charge in [0.05, 0.1) is 17.7 Å². The van der Waals surface area contributed by atoms with Crippen LogP contribution >= 0.6 is 23.1 Å². The van der Waals surface area contributed by atoms with Crippen LogP contribution in [0.5, 0.6) is 0 Å². The lowest BCUT2D eigenvalue weighted by Gasteiger charge is -2.10. The van der Waals surface area contributed by atoms with Gasteiger partial charge in [-0.1, -0.05) is 42.1 Å². The first-order valence-electron chi connectivity index (χ1n) is 7.34. The highest BCUT2D eigenvalue weighted by molar-refractivity contribution is 7.99. The van der Waals surface area contributed by atoms with Crippen molar-refractivity contribution in [1.82, 2.24) is 5.32 Å². The number of benzene rings is 2. The molecule has 1 amide bonds. The fraction of sp³-hybridized carbons (Fsp3) is 0.0526. The maximum absolute atomic E-state index is 12.5. The van der Waals surface area contributed by atoms with Crippen LogP contribution in [0.25, 0.3) is 0 Å². The number of amides is 1. The van der Waals surface area contributed by atoms with Gasteiger partial charge in [-0.3, -0.25) is 4.79 Å². The molecule has 0 bridgehead atoms. The number of carbonyl (C=O) groups is 1.